The molecule has 0 bridgehead atoms. The smallest absolute Gasteiger partial charge is 0.309 e. The molecule has 0 aliphatic rings. The monoisotopic (exact) mass is 238 g/mol. The summed E-state index contributed by atoms with van der Waals surface area (Å²) in [7, 11) is 0. The van der Waals surface area contributed by atoms with Crippen LogP contribution in [-0.2, 0) is 4.79 Å². The summed E-state index contributed by atoms with van der Waals surface area (Å²) in [5.74, 6) is -1.80. The van der Waals surface area contributed by atoms with Crippen molar-refractivity contribution in [2.24, 2.45) is 5.92 Å². The SMILES string of the molecule is CCCCC(C(=O)O)C(O)c1cccc(O)c1. The molecule has 0 fully saturated rings. The van der Waals surface area contributed by atoms with Gasteiger partial charge in [-0.15, -0.1) is 0 Å². The van der Waals surface area contributed by atoms with Gasteiger partial charge in [-0.2, -0.15) is 0 Å². The Hall–Kier alpha value is -1.55. The number of aliphatic hydroxyl groups is 1. The van der Waals surface area contributed by atoms with E-state index in [9.17, 15) is 15.0 Å². The minimum atomic E-state index is -1.08. The van der Waals surface area contributed by atoms with Crippen molar-refractivity contribution in [3.63, 3.8) is 0 Å². The molecular weight excluding hydrogens is 220 g/mol. The molecule has 2 atom stereocenters. The Kier molecular flexibility index (Phi) is 4.97. The molecule has 0 spiro atoms. The number of phenols is 1. The maximum Gasteiger partial charge on any atom is 0.309 e. The molecule has 4 heteroatoms. The Morgan fingerprint density at radius 2 is 2.12 bits per heavy atom. The van der Waals surface area contributed by atoms with Crippen LogP contribution < -0.4 is 0 Å². The number of aliphatic hydroxyl groups excluding tert-OH is 1. The molecule has 0 amide bonds. The third kappa shape index (κ3) is 3.75. The molecule has 0 heterocycles. The van der Waals surface area contributed by atoms with Crippen LogP contribution in [0, 0.1) is 5.92 Å². The number of carbonyl (C=O) groups is 1. The largest absolute Gasteiger partial charge is 0.508 e. The van der Waals surface area contributed by atoms with E-state index in [1.807, 2.05) is 6.92 Å². The van der Waals surface area contributed by atoms with E-state index in [1.54, 1.807) is 12.1 Å². The van der Waals surface area contributed by atoms with Crippen LogP contribution in [0.15, 0.2) is 24.3 Å². The van der Waals surface area contributed by atoms with Crippen LogP contribution in [0.5, 0.6) is 5.75 Å². The first-order valence-corrected chi connectivity index (χ1v) is 5.76. The quantitative estimate of drug-likeness (QED) is 0.710. The maximum absolute atomic E-state index is 11.1. The first kappa shape index (κ1) is 13.5. The highest BCUT2D eigenvalue weighted by Gasteiger charge is 2.27. The summed E-state index contributed by atoms with van der Waals surface area (Å²) < 4.78 is 0. The number of hydrogen-bond donors (Lipinski definition) is 3. The van der Waals surface area contributed by atoms with Gasteiger partial charge in [0, 0.05) is 0 Å². The molecule has 0 aliphatic carbocycles. The van der Waals surface area contributed by atoms with E-state index in [-0.39, 0.29) is 5.75 Å². The van der Waals surface area contributed by atoms with Crippen LogP contribution in [0.25, 0.3) is 0 Å². The van der Waals surface area contributed by atoms with E-state index in [2.05, 4.69) is 0 Å². The van der Waals surface area contributed by atoms with Gasteiger partial charge in [-0.05, 0) is 24.1 Å². The molecule has 0 saturated heterocycles. The summed E-state index contributed by atoms with van der Waals surface area (Å²) in [5, 5.41) is 28.4. The first-order chi connectivity index (χ1) is 8.06. The Morgan fingerprint density at radius 1 is 1.41 bits per heavy atom. The summed E-state index contributed by atoms with van der Waals surface area (Å²) in [6.45, 7) is 1.97. The lowest BCUT2D eigenvalue weighted by Gasteiger charge is -2.19. The van der Waals surface area contributed by atoms with E-state index in [0.29, 0.717) is 12.0 Å². The Bertz CT molecular complexity index is 375. The maximum atomic E-state index is 11.1. The molecule has 3 N–H and O–H groups in total. The number of phenolic OH excluding ortho intramolecular Hbond substituents is 1. The Labute approximate surface area is 101 Å². The molecule has 1 aromatic carbocycles. The number of aliphatic carboxylic acids is 1. The Balaban J connectivity index is 2.83. The molecule has 2 unspecified atom stereocenters. The van der Waals surface area contributed by atoms with Crippen molar-refractivity contribution in [2.75, 3.05) is 0 Å². The number of rotatable bonds is 6. The van der Waals surface area contributed by atoms with Gasteiger partial charge in [0.1, 0.15) is 5.75 Å². The second-order valence-electron chi connectivity index (χ2n) is 4.13. The standard InChI is InChI=1S/C13H18O4/c1-2-3-7-11(13(16)17)12(15)9-5-4-6-10(14)8-9/h4-6,8,11-12,14-15H,2-3,7H2,1H3,(H,16,17). The van der Waals surface area contributed by atoms with Crippen LogP contribution in [-0.4, -0.2) is 21.3 Å². The van der Waals surface area contributed by atoms with Crippen molar-refractivity contribution in [3.05, 3.63) is 29.8 Å². The van der Waals surface area contributed by atoms with Crippen molar-refractivity contribution in [3.8, 4) is 5.75 Å². The van der Waals surface area contributed by atoms with Crippen molar-refractivity contribution >= 4 is 5.97 Å². The van der Waals surface area contributed by atoms with E-state index in [0.717, 1.165) is 12.8 Å². The Morgan fingerprint density at radius 3 is 2.65 bits per heavy atom. The van der Waals surface area contributed by atoms with Crippen LogP contribution in [0.2, 0.25) is 0 Å². The normalized spacial score (nSPS) is 14.2. The molecular formula is C13H18O4. The van der Waals surface area contributed by atoms with E-state index in [1.165, 1.54) is 12.1 Å². The summed E-state index contributed by atoms with van der Waals surface area (Å²) >= 11 is 0. The van der Waals surface area contributed by atoms with Crippen molar-refractivity contribution in [1.29, 1.82) is 0 Å². The van der Waals surface area contributed by atoms with Gasteiger partial charge in [0.15, 0.2) is 0 Å². The minimum Gasteiger partial charge on any atom is -0.508 e. The van der Waals surface area contributed by atoms with Gasteiger partial charge in [0.05, 0.1) is 12.0 Å². The lowest BCUT2D eigenvalue weighted by Crippen LogP contribution is -2.22. The number of hydrogen-bond acceptors (Lipinski definition) is 3. The minimum absolute atomic E-state index is 0.0289. The fourth-order valence-electron chi connectivity index (χ4n) is 1.78. The van der Waals surface area contributed by atoms with E-state index >= 15 is 0 Å². The fraction of sp³-hybridized carbons (Fsp3) is 0.462. The molecule has 4 nitrogen and oxygen atoms in total. The summed E-state index contributed by atoms with van der Waals surface area (Å²) in [6.07, 6.45) is 0.998. The number of unbranched alkanes of at least 4 members (excludes halogenated alkanes) is 1. The number of carboxylic acids is 1. The number of carboxylic acid groups (broad SMARTS) is 1. The summed E-state index contributed by atoms with van der Waals surface area (Å²) in [6, 6.07) is 6.09. The average molecular weight is 238 g/mol. The summed E-state index contributed by atoms with van der Waals surface area (Å²) in [4.78, 5) is 11.1. The zero-order chi connectivity index (χ0) is 12.8. The highest BCUT2D eigenvalue weighted by atomic mass is 16.4. The van der Waals surface area contributed by atoms with Gasteiger partial charge < -0.3 is 15.3 Å². The highest BCUT2D eigenvalue weighted by molar-refractivity contribution is 5.71. The molecule has 0 aromatic heterocycles. The predicted molar refractivity (Wildman–Crippen MR) is 63.7 cm³/mol. The topological polar surface area (TPSA) is 77.8 Å². The molecule has 0 radical (unpaired) electrons. The van der Waals surface area contributed by atoms with Gasteiger partial charge >= 0.3 is 5.97 Å². The number of aromatic hydroxyl groups is 1. The lowest BCUT2D eigenvalue weighted by atomic mass is 9.91. The fourth-order valence-corrected chi connectivity index (χ4v) is 1.78. The van der Waals surface area contributed by atoms with Crippen LogP contribution in [0.3, 0.4) is 0 Å². The third-order valence-corrected chi connectivity index (χ3v) is 2.78. The molecule has 17 heavy (non-hydrogen) atoms. The number of benzene rings is 1. The van der Waals surface area contributed by atoms with Crippen molar-refractivity contribution in [1.82, 2.24) is 0 Å². The molecule has 94 valence electrons. The zero-order valence-corrected chi connectivity index (χ0v) is 9.84. The van der Waals surface area contributed by atoms with Gasteiger partial charge in [0.25, 0.3) is 0 Å². The molecule has 1 aromatic rings. The van der Waals surface area contributed by atoms with Crippen molar-refractivity contribution < 1.29 is 20.1 Å². The van der Waals surface area contributed by atoms with Crippen LogP contribution >= 0.6 is 0 Å². The van der Waals surface area contributed by atoms with Gasteiger partial charge in [-0.3, -0.25) is 4.79 Å². The molecule has 1 rings (SSSR count). The highest BCUT2D eigenvalue weighted by Crippen LogP contribution is 2.28. The van der Waals surface area contributed by atoms with Gasteiger partial charge in [-0.25, -0.2) is 0 Å². The first-order valence-electron chi connectivity index (χ1n) is 5.76. The second kappa shape index (κ2) is 6.25. The second-order valence-corrected chi connectivity index (χ2v) is 4.13. The summed E-state index contributed by atoms with van der Waals surface area (Å²) in [5.41, 5.74) is 0.438. The van der Waals surface area contributed by atoms with E-state index < -0.39 is 18.0 Å². The lowest BCUT2D eigenvalue weighted by molar-refractivity contribution is -0.146. The van der Waals surface area contributed by atoms with E-state index in [4.69, 9.17) is 5.11 Å². The molecule has 0 saturated carbocycles. The van der Waals surface area contributed by atoms with Gasteiger partial charge in [0.2, 0.25) is 0 Å². The average Bonchev–Trinajstić information content (AvgIpc) is 2.29. The third-order valence-electron chi connectivity index (χ3n) is 2.78. The molecule has 0 aliphatic heterocycles. The van der Waals surface area contributed by atoms with Crippen LogP contribution in [0.1, 0.15) is 37.9 Å². The predicted octanol–water partition coefficient (Wildman–Crippen LogP) is 2.32. The van der Waals surface area contributed by atoms with Crippen LogP contribution in [0.4, 0.5) is 0 Å². The van der Waals surface area contributed by atoms with Crippen molar-refractivity contribution in [2.45, 2.75) is 32.3 Å². The van der Waals surface area contributed by atoms with Gasteiger partial charge in [-0.1, -0.05) is 31.9 Å². The zero-order valence-electron chi connectivity index (χ0n) is 9.84.